The summed E-state index contributed by atoms with van der Waals surface area (Å²) in [4.78, 5) is 19.0. The van der Waals surface area contributed by atoms with Crippen molar-refractivity contribution in [2.24, 2.45) is 5.92 Å². The summed E-state index contributed by atoms with van der Waals surface area (Å²) in [5, 5.41) is 10.5. The molecule has 0 radical (unpaired) electrons. The van der Waals surface area contributed by atoms with E-state index in [0.717, 1.165) is 29.8 Å². The predicted molar refractivity (Wildman–Crippen MR) is 111 cm³/mol. The molecule has 2 aromatic rings. The van der Waals surface area contributed by atoms with Crippen molar-refractivity contribution in [2.75, 3.05) is 13.1 Å². The summed E-state index contributed by atoms with van der Waals surface area (Å²) in [6.07, 6.45) is 10.1. The highest BCUT2D eigenvalue weighted by Crippen LogP contribution is 2.39. The quantitative estimate of drug-likeness (QED) is 0.797. The fourth-order valence-electron chi connectivity index (χ4n) is 5.52. The van der Waals surface area contributed by atoms with E-state index in [1.807, 2.05) is 19.1 Å². The molecule has 0 amide bonds. The van der Waals surface area contributed by atoms with Crippen LogP contribution in [-0.2, 0) is 4.74 Å². The van der Waals surface area contributed by atoms with Gasteiger partial charge in [-0.15, -0.1) is 0 Å². The highest BCUT2D eigenvalue weighted by molar-refractivity contribution is 6.04. The van der Waals surface area contributed by atoms with E-state index in [1.165, 1.54) is 38.5 Å². The summed E-state index contributed by atoms with van der Waals surface area (Å²) in [6.45, 7) is 6.37. The number of aromatic nitrogens is 2. The molecule has 156 valence electrons. The molecule has 29 heavy (non-hydrogen) atoms. The average molecular weight is 398 g/mol. The van der Waals surface area contributed by atoms with Crippen LogP contribution in [0.3, 0.4) is 0 Å². The molecule has 3 aliphatic rings. The molecule has 2 aliphatic carbocycles. The summed E-state index contributed by atoms with van der Waals surface area (Å²) in [6, 6.07) is 4.64. The smallest absolute Gasteiger partial charge is 0.338 e. The maximum absolute atomic E-state index is 11.8. The van der Waals surface area contributed by atoms with Crippen molar-refractivity contribution in [3.8, 4) is 0 Å². The summed E-state index contributed by atoms with van der Waals surface area (Å²) >= 11 is 0. The monoisotopic (exact) mass is 397 g/mol. The maximum Gasteiger partial charge on any atom is 0.338 e. The van der Waals surface area contributed by atoms with Gasteiger partial charge in [0.05, 0.1) is 17.8 Å². The molecule has 6 heteroatoms. The van der Waals surface area contributed by atoms with Crippen LogP contribution in [-0.4, -0.2) is 56.9 Å². The Balaban J connectivity index is 1.26. The Bertz CT molecular complexity index is 905. The molecule has 1 unspecified atom stereocenters. The fraction of sp³-hybridized carbons (Fsp3) is 0.652. The highest BCUT2D eigenvalue weighted by atomic mass is 16.5. The second-order valence-electron chi connectivity index (χ2n) is 9.23. The van der Waals surface area contributed by atoms with Gasteiger partial charge >= 0.3 is 5.97 Å². The Morgan fingerprint density at radius 3 is 2.55 bits per heavy atom. The van der Waals surface area contributed by atoms with E-state index in [2.05, 4.69) is 21.4 Å². The topological polar surface area (TPSA) is 67.6 Å². The Morgan fingerprint density at radius 1 is 1.17 bits per heavy atom. The van der Waals surface area contributed by atoms with Crippen LogP contribution in [0.1, 0.15) is 67.5 Å². The molecule has 3 fully saturated rings. The van der Waals surface area contributed by atoms with E-state index in [-0.39, 0.29) is 6.04 Å². The van der Waals surface area contributed by atoms with E-state index < -0.39 is 5.97 Å². The molecule has 0 aromatic carbocycles. The summed E-state index contributed by atoms with van der Waals surface area (Å²) in [5.74, 6) is -0.306. The van der Waals surface area contributed by atoms with Crippen LogP contribution >= 0.6 is 0 Å². The number of pyridine rings is 1. The lowest BCUT2D eigenvalue weighted by molar-refractivity contribution is -0.0864. The van der Waals surface area contributed by atoms with Crippen LogP contribution in [0.5, 0.6) is 0 Å². The second-order valence-corrected chi connectivity index (χ2v) is 9.23. The first-order valence-corrected chi connectivity index (χ1v) is 11.1. The standard InChI is InChI=1S/C23H31N3O3/c1-14(26-15(2)21(23(27)28)20-4-3-11-24-22(20)26)16-5-7-17(8-6-16)25-12-19(13-25)29-18-9-10-18/h3-4,11,14,16-19H,5-10,12-13H2,1-2H3,(H,27,28). The lowest BCUT2D eigenvalue weighted by Crippen LogP contribution is -2.57. The van der Waals surface area contributed by atoms with Gasteiger partial charge in [-0.1, -0.05) is 0 Å². The second kappa shape index (κ2) is 7.40. The number of rotatable bonds is 6. The van der Waals surface area contributed by atoms with Gasteiger partial charge in [0, 0.05) is 42.5 Å². The van der Waals surface area contributed by atoms with Crippen molar-refractivity contribution in [3.05, 3.63) is 29.6 Å². The molecule has 6 nitrogen and oxygen atoms in total. The molecule has 1 N–H and O–H groups in total. The highest BCUT2D eigenvalue weighted by Gasteiger charge is 2.39. The minimum Gasteiger partial charge on any atom is -0.478 e. The van der Waals surface area contributed by atoms with Crippen LogP contribution in [0, 0.1) is 12.8 Å². The van der Waals surface area contributed by atoms with Crippen molar-refractivity contribution in [3.63, 3.8) is 0 Å². The molecule has 0 bridgehead atoms. The summed E-state index contributed by atoms with van der Waals surface area (Å²) < 4.78 is 8.18. The number of aromatic carboxylic acids is 1. The van der Waals surface area contributed by atoms with E-state index in [0.29, 0.717) is 29.7 Å². The Hall–Kier alpha value is -1.92. The summed E-state index contributed by atoms with van der Waals surface area (Å²) in [5.41, 5.74) is 2.03. The summed E-state index contributed by atoms with van der Waals surface area (Å²) in [7, 11) is 0. The third-order valence-corrected chi connectivity index (χ3v) is 7.35. The van der Waals surface area contributed by atoms with Crippen LogP contribution in [0.15, 0.2) is 18.3 Å². The number of carboxylic acids is 1. The molecule has 2 saturated carbocycles. The van der Waals surface area contributed by atoms with E-state index in [4.69, 9.17) is 4.74 Å². The first-order valence-electron chi connectivity index (χ1n) is 11.1. The SMILES string of the molecule is Cc1c(C(=O)O)c2cccnc2n1C(C)C1CCC(N2CC(OC3CC3)C2)CC1. The number of carbonyl (C=O) groups is 1. The number of carboxylic acid groups (broad SMARTS) is 1. The fourth-order valence-corrected chi connectivity index (χ4v) is 5.52. The molecule has 3 heterocycles. The molecule has 5 rings (SSSR count). The van der Waals surface area contributed by atoms with Gasteiger partial charge in [-0.25, -0.2) is 9.78 Å². The number of fused-ring (bicyclic) bond motifs is 1. The minimum absolute atomic E-state index is 0.254. The molecule has 0 spiro atoms. The minimum atomic E-state index is -0.865. The molecule has 2 aromatic heterocycles. The van der Waals surface area contributed by atoms with Crippen molar-refractivity contribution >= 4 is 17.0 Å². The third-order valence-electron chi connectivity index (χ3n) is 7.35. The van der Waals surface area contributed by atoms with Gasteiger partial charge in [0.25, 0.3) is 0 Å². The number of ether oxygens (including phenoxy) is 1. The molecular weight excluding hydrogens is 366 g/mol. The lowest BCUT2D eigenvalue weighted by atomic mass is 9.80. The zero-order chi connectivity index (χ0) is 20.1. The van der Waals surface area contributed by atoms with Gasteiger partial charge in [0.2, 0.25) is 0 Å². The Kier molecular flexibility index (Phi) is 4.87. The first-order chi connectivity index (χ1) is 14.0. The number of hydrogen-bond acceptors (Lipinski definition) is 4. The van der Waals surface area contributed by atoms with Crippen molar-refractivity contribution in [1.82, 2.24) is 14.5 Å². The van der Waals surface area contributed by atoms with Gasteiger partial charge in [-0.05, 0) is 70.4 Å². The largest absolute Gasteiger partial charge is 0.478 e. The number of nitrogens with zero attached hydrogens (tertiary/aromatic N) is 3. The maximum atomic E-state index is 11.8. The van der Waals surface area contributed by atoms with Crippen LogP contribution < -0.4 is 0 Å². The number of likely N-dealkylation sites (tertiary alicyclic amines) is 1. The van der Waals surface area contributed by atoms with Crippen molar-refractivity contribution in [2.45, 2.75) is 76.7 Å². The zero-order valence-corrected chi connectivity index (χ0v) is 17.4. The molecule has 1 atom stereocenters. The number of hydrogen-bond donors (Lipinski definition) is 1. The molecule has 1 aliphatic heterocycles. The Labute approximate surface area is 171 Å². The van der Waals surface area contributed by atoms with Gasteiger partial charge in [0.1, 0.15) is 5.65 Å². The van der Waals surface area contributed by atoms with Gasteiger partial charge in [-0.3, -0.25) is 4.90 Å². The average Bonchev–Trinajstić information content (AvgIpc) is 3.45. The van der Waals surface area contributed by atoms with Gasteiger partial charge < -0.3 is 14.4 Å². The van der Waals surface area contributed by atoms with E-state index in [1.54, 1.807) is 6.20 Å². The van der Waals surface area contributed by atoms with Gasteiger partial charge in [-0.2, -0.15) is 0 Å². The zero-order valence-electron chi connectivity index (χ0n) is 17.4. The normalized spacial score (nSPS) is 27.1. The van der Waals surface area contributed by atoms with Crippen molar-refractivity contribution in [1.29, 1.82) is 0 Å². The third kappa shape index (κ3) is 3.46. The molecule has 1 saturated heterocycles. The van der Waals surface area contributed by atoms with Crippen LogP contribution in [0.25, 0.3) is 11.0 Å². The van der Waals surface area contributed by atoms with Crippen LogP contribution in [0.4, 0.5) is 0 Å². The van der Waals surface area contributed by atoms with E-state index in [9.17, 15) is 9.90 Å². The lowest BCUT2D eigenvalue weighted by Gasteiger charge is -2.47. The predicted octanol–water partition coefficient (Wildman–Crippen LogP) is 4.03. The van der Waals surface area contributed by atoms with Crippen LogP contribution in [0.2, 0.25) is 0 Å². The Morgan fingerprint density at radius 2 is 1.90 bits per heavy atom. The van der Waals surface area contributed by atoms with E-state index >= 15 is 0 Å². The van der Waals surface area contributed by atoms with Gasteiger partial charge in [0.15, 0.2) is 0 Å². The molecular formula is C23H31N3O3. The van der Waals surface area contributed by atoms with Crippen molar-refractivity contribution < 1.29 is 14.6 Å². The first kappa shape index (κ1) is 19.1.